The van der Waals surface area contributed by atoms with Crippen LogP contribution in [0.5, 0.6) is 5.75 Å². The first-order chi connectivity index (χ1) is 14.0. The van der Waals surface area contributed by atoms with E-state index in [1.54, 1.807) is 25.9 Å². The Bertz CT molecular complexity index is 853. The van der Waals surface area contributed by atoms with Gasteiger partial charge in [0, 0.05) is 33.0 Å². The zero-order valence-corrected chi connectivity index (χ0v) is 17.4. The average Bonchev–Trinajstić information content (AvgIpc) is 3.06. The number of hydrogen-bond donors (Lipinski definition) is 1. The zero-order valence-electron chi connectivity index (χ0n) is 17.4. The maximum absolute atomic E-state index is 12.6. The number of carbonyl (C=O) groups is 2. The van der Waals surface area contributed by atoms with Crippen molar-refractivity contribution in [1.82, 2.24) is 15.2 Å². The number of methoxy groups -OCH3 is 1. The Morgan fingerprint density at radius 1 is 1.28 bits per heavy atom. The van der Waals surface area contributed by atoms with Crippen LogP contribution in [-0.2, 0) is 11.2 Å². The molecular weight excluding hydrogens is 370 g/mol. The van der Waals surface area contributed by atoms with Gasteiger partial charge in [0.2, 0.25) is 11.7 Å². The van der Waals surface area contributed by atoms with Crippen LogP contribution >= 0.6 is 0 Å². The Hall–Kier alpha value is -2.83. The summed E-state index contributed by atoms with van der Waals surface area (Å²) in [5, 5.41) is 3.00. The number of hydrogen-bond acceptors (Lipinski definition) is 5. The molecule has 156 valence electrons. The Kier molecular flexibility index (Phi) is 6.90. The molecule has 0 aliphatic carbocycles. The normalized spacial score (nSPS) is 14.7. The maximum atomic E-state index is 12.6. The number of amides is 2. The third kappa shape index (κ3) is 5.59. The van der Waals surface area contributed by atoms with E-state index >= 15 is 0 Å². The van der Waals surface area contributed by atoms with Gasteiger partial charge in [-0.2, -0.15) is 0 Å². The molecule has 0 spiro atoms. The van der Waals surface area contributed by atoms with Gasteiger partial charge in [-0.25, -0.2) is 4.98 Å². The molecule has 1 aliphatic heterocycles. The highest BCUT2D eigenvalue weighted by Gasteiger charge is 2.28. The van der Waals surface area contributed by atoms with Crippen molar-refractivity contribution in [2.75, 3.05) is 26.7 Å². The predicted molar refractivity (Wildman–Crippen MR) is 109 cm³/mol. The lowest BCUT2D eigenvalue weighted by atomic mass is 9.93. The molecule has 0 atom stereocenters. The predicted octanol–water partition coefficient (Wildman–Crippen LogP) is 2.90. The third-order valence-corrected chi connectivity index (χ3v) is 5.34. The molecule has 1 aromatic heterocycles. The van der Waals surface area contributed by atoms with Crippen molar-refractivity contribution >= 4 is 11.8 Å². The van der Waals surface area contributed by atoms with E-state index in [1.165, 1.54) is 0 Å². The number of nitrogens with zero attached hydrogens (tertiary/aromatic N) is 2. The fourth-order valence-corrected chi connectivity index (χ4v) is 3.72. The van der Waals surface area contributed by atoms with Crippen LogP contribution in [0.25, 0.3) is 0 Å². The molecule has 0 saturated carbocycles. The van der Waals surface area contributed by atoms with Gasteiger partial charge in [0.1, 0.15) is 5.75 Å². The Balaban J connectivity index is 1.39. The van der Waals surface area contributed by atoms with E-state index in [2.05, 4.69) is 10.3 Å². The van der Waals surface area contributed by atoms with Gasteiger partial charge in [0.05, 0.1) is 12.8 Å². The number of piperidine rings is 1. The molecule has 2 heterocycles. The van der Waals surface area contributed by atoms with Crippen molar-refractivity contribution in [2.24, 2.45) is 5.92 Å². The number of ether oxygens (including phenoxy) is 1. The summed E-state index contributed by atoms with van der Waals surface area (Å²) in [7, 11) is 1.65. The van der Waals surface area contributed by atoms with Gasteiger partial charge in [0.25, 0.3) is 5.91 Å². The van der Waals surface area contributed by atoms with Crippen LogP contribution in [0.3, 0.4) is 0 Å². The largest absolute Gasteiger partial charge is 0.497 e. The average molecular weight is 399 g/mol. The van der Waals surface area contributed by atoms with Gasteiger partial charge in [-0.15, -0.1) is 0 Å². The van der Waals surface area contributed by atoms with E-state index in [0.29, 0.717) is 49.3 Å². The van der Waals surface area contributed by atoms with Crippen molar-refractivity contribution < 1.29 is 18.7 Å². The van der Waals surface area contributed by atoms with Crippen molar-refractivity contribution in [2.45, 2.75) is 39.5 Å². The van der Waals surface area contributed by atoms with Crippen molar-refractivity contribution in [3.8, 4) is 5.75 Å². The SMILES string of the molecule is COc1cccc(CCNC(=O)CC2CCN(C(=O)c3oc(C)nc3C)CC2)c1. The van der Waals surface area contributed by atoms with Crippen LogP contribution in [-0.4, -0.2) is 48.4 Å². The van der Waals surface area contributed by atoms with Crippen molar-refractivity contribution in [3.05, 3.63) is 47.2 Å². The van der Waals surface area contributed by atoms with E-state index in [9.17, 15) is 9.59 Å². The summed E-state index contributed by atoms with van der Waals surface area (Å²) in [5.74, 6) is 1.92. The molecule has 7 heteroatoms. The smallest absolute Gasteiger partial charge is 0.291 e. The van der Waals surface area contributed by atoms with Gasteiger partial charge in [-0.3, -0.25) is 9.59 Å². The summed E-state index contributed by atoms with van der Waals surface area (Å²) >= 11 is 0. The second kappa shape index (κ2) is 9.58. The number of carbonyl (C=O) groups excluding carboxylic acids is 2. The summed E-state index contributed by atoms with van der Waals surface area (Å²) in [6.07, 6.45) is 2.91. The molecule has 0 radical (unpaired) electrons. The van der Waals surface area contributed by atoms with Gasteiger partial charge in [-0.1, -0.05) is 12.1 Å². The Morgan fingerprint density at radius 3 is 2.69 bits per heavy atom. The van der Waals surface area contributed by atoms with Crippen molar-refractivity contribution in [1.29, 1.82) is 0 Å². The van der Waals surface area contributed by atoms with Crippen LogP contribution in [0.1, 0.15) is 47.0 Å². The first-order valence-electron chi connectivity index (χ1n) is 10.1. The molecule has 1 aromatic carbocycles. The summed E-state index contributed by atoms with van der Waals surface area (Å²) in [6.45, 7) is 5.41. The standard InChI is InChI=1S/C22H29N3O4/c1-15-21(29-16(2)24-15)22(27)25-11-8-18(9-12-25)14-20(26)23-10-7-17-5-4-6-19(13-17)28-3/h4-6,13,18H,7-12,14H2,1-3H3,(H,23,26). The molecule has 2 aromatic rings. The van der Waals surface area contributed by atoms with Gasteiger partial charge in [0.15, 0.2) is 5.89 Å². The van der Waals surface area contributed by atoms with E-state index < -0.39 is 0 Å². The fraction of sp³-hybridized carbons (Fsp3) is 0.500. The second-order valence-corrected chi connectivity index (χ2v) is 7.54. The minimum atomic E-state index is -0.107. The lowest BCUT2D eigenvalue weighted by Gasteiger charge is -2.31. The molecule has 7 nitrogen and oxygen atoms in total. The minimum absolute atomic E-state index is 0.0689. The number of likely N-dealkylation sites (tertiary alicyclic amines) is 1. The topological polar surface area (TPSA) is 84.7 Å². The monoisotopic (exact) mass is 399 g/mol. The number of aromatic nitrogens is 1. The van der Waals surface area contributed by atoms with Crippen LogP contribution in [0, 0.1) is 19.8 Å². The lowest BCUT2D eigenvalue weighted by molar-refractivity contribution is -0.122. The number of oxazole rings is 1. The number of rotatable bonds is 7. The summed E-state index contributed by atoms with van der Waals surface area (Å²) in [6, 6.07) is 7.87. The molecule has 2 amide bonds. The molecule has 0 bridgehead atoms. The van der Waals surface area contributed by atoms with Crippen LogP contribution in [0.15, 0.2) is 28.7 Å². The van der Waals surface area contributed by atoms with Crippen molar-refractivity contribution in [3.63, 3.8) is 0 Å². The third-order valence-electron chi connectivity index (χ3n) is 5.34. The molecule has 1 N–H and O–H groups in total. The number of benzene rings is 1. The van der Waals surface area contributed by atoms with E-state index in [1.807, 2.05) is 24.3 Å². The summed E-state index contributed by atoms with van der Waals surface area (Å²) < 4.78 is 10.7. The van der Waals surface area contributed by atoms with Crippen LogP contribution in [0.2, 0.25) is 0 Å². The first kappa shape index (κ1) is 20.9. The second-order valence-electron chi connectivity index (χ2n) is 7.54. The molecular formula is C22H29N3O4. The zero-order chi connectivity index (χ0) is 20.8. The van der Waals surface area contributed by atoms with E-state index in [4.69, 9.17) is 9.15 Å². The number of nitrogens with one attached hydrogen (secondary N) is 1. The molecule has 3 rings (SSSR count). The Morgan fingerprint density at radius 2 is 2.03 bits per heavy atom. The Labute approximate surface area is 171 Å². The maximum Gasteiger partial charge on any atom is 0.291 e. The minimum Gasteiger partial charge on any atom is -0.497 e. The van der Waals surface area contributed by atoms with E-state index in [0.717, 1.165) is 30.6 Å². The molecule has 29 heavy (non-hydrogen) atoms. The van der Waals surface area contributed by atoms with Crippen LogP contribution in [0.4, 0.5) is 0 Å². The van der Waals surface area contributed by atoms with E-state index in [-0.39, 0.29) is 11.8 Å². The van der Waals surface area contributed by atoms with Crippen LogP contribution < -0.4 is 10.1 Å². The molecule has 1 fully saturated rings. The summed E-state index contributed by atoms with van der Waals surface area (Å²) in [5.41, 5.74) is 1.76. The highest BCUT2D eigenvalue weighted by atomic mass is 16.5. The van der Waals surface area contributed by atoms with Gasteiger partial charge in [-0.05, 0) is 49.8 Å². The highest BCUT2D eigenvalue weighted by molar-refractivity contribution is 5.92. The molecule has 1 aliphatic rings. The lowest BCUT2D eigenvalue weighted by Crippen LogP contribution is -2.40. The quantitative estimate of drug-likeness (QED) is 0.774. The highest BCUT2D eigenvalue weighted by Crippen LogP contribution is 2.23. The first-order valence-corrected chi connectivity index (χ1v) is 10.1. The fourth-order valence-electron chi connectivity index (χ4n) is 3.72. The molecule has 1 saturated heterocycles. The van der Waals surface area contributed by atoms with Gasteiger partial charge >= 0.3 is 0 Å². The number of aryl methyl sites for hydroxylation is 2. The summed E-state index contributed by atoms with van der Waals surface area (Å²) in [4.78, 5) is 30.8. The molecule has 0 unspecified atom stereocenters. The van der Waals surface area contributed by atoms with Gasteiger partial charge < -0.3 is 19.4 Å².